The minimum Gasteiger partial charge on any atom is -0.381 e. The molecule has 0 aromatic heterocycles. The third-order valence-corrected chi connectivity index (χ3v) is 3.48. The SMILES string of the molecule is NC1CCOCC1CCc1ccc([N+](=O)[O-])cc1. The number of ether oxygens (including phenoxy) is 1. The van der Waals surface area contributed by atoms with E-state index in [1.165, 1.54) is 0 Å². The summed E-state index contributed by atoms with van der Waals surface area (Å²) in [5.41, 5.74) is 7.28. The summed E-state index contributed by atoms with van der Waals surface area (Å²) in [6.45, 7) is 1.49. The summed E-state index contributed by atoms with van der Waals surface area (Å²) in [6, 6.07) is 6.94. The van der Waals surface area contributed by atoms with Gasteiger partial charge in [0.1, 0.15) is 0 Å². The maximum absolute atomic E-state index is 10.5. The van der Waals surface area contributed by atoms with Crippen LogP contribution in [0.1, 0.15) is 18.4 Å². The second kappa shape index (κ2) is 5.93. The van der Waals surface area contributed by atoms with Gasteiger partial charge in [-0.2, -0.15) is 0 Å². The number of nitro benzene ring substituents is 1. The molecule has 5 nitrogen and oxygen atoms in total. The molecule has 2 N–H and O–H groups in total. The van der Waals surface area contributed by atoms with Crippen LogP contribution in [0, 0.1) is 16.0 Å². The van der Waals surface area contributed by atoms with E-state index >= 15 is 0 Å². The van der Waals surface area contributed by atoms with E-state index in [0.717, 1.165) is 38.0 Å². The van der Waals surface area contributed by atoms with Crippen LogP contribution in [-0.2, 0) is 11.2 Å². The maximum Gasteiger partial charge on any atom is 0.269 e. The van der Waals surface area contributed by atoms with Gasteiger partial charge in [-0.05, 0) is 30.7 Å². The maximum atomic E-state index is 10.5. The summed E-state index contributed by atoms with van der Waals surface area (Å²) in [4.78, 5) is 10.2. The van der Waals surface area contributed by atoms with Crippen molar-refractivity contribution < 1.29 is 9.66 Å². The Morgan fingerprint density at radius 2 is 2.11 bits per heavy atom. The van der Waals surface area contributed by atoms with Gasteiger partial charge in [0.05, 0.1) is 11.5 Å². The first-order valence-corrected chi connectivity index (χ1v) is 6.23. The second-order valence-corrected chi connectivity index (χ2v) is 4.75. The Kier molecular flexibility index (Phi) is 4.28. The molecule has 0 aliphatic carbocycles. The minimum absolute atomic E-state index is 0.136. The number of rotatable bonds is 4. The van der Waals surface area contributed by atoms with Gasteiger partial charge in [-0.1, -0.05) is 12.1 Å². The van der Waals surface area contributed by atoms with Crippen LogP contribution in [0.3, 0.4) is 0 Å². The van der Waals surface area contributed by atoms with Crippen molar-refractivity contribution in [3.8, 4) is 0 Å². The molecule has 1 saturated heterocycles. The average Bonchev–Trinajstić information content (AvgIpc) is 2.38. The number of hydrogen-bond acceptors (Lipinski definition) is 4. The Hall–Kier alpha value is -1.46. The summed E-state index contributed by atoms with van der Waals surface area (Å²) in [5, 5.41) is 10.5. The Labute approximate surface area is 106 Å². The molecule has 0 saturated carbocycles. The van der Waals surface area contributed by atoms with Gasteiger partial charge in [-0.3, -0.25) is 10.1 Å². The highest BCUT2D eigenvalue weighted by atomic mass is 16.6. The molecule has 98 valence electrons. The van der Waals surface area contributed by atoms with Gasteiger partial charge in [-0.15, -0.1) is 0 Å². The van der Waals surface area contributed by atoms with E-state index in [0.29, 0.717) is 5.92 Å². The first-order chi connectivity index (χ1) is 8.66. The van der Waals surface area contributed by atoms with Crippen LogP contribution in [0.2, 0.25) is 0 Å². The number of non-ortho nitro benzene ring substituents is 1. The zero-order valence-electron chi connectivity index (χ0n) is 10.2. The Bertz CT molecular complexity index is 405. The van der Waals surface area contributed by atoms with Crippen LogP contribution in [0.5, 0.6) is 0 Å². The third kappa shape index (κ3) is 3.27. The highest BCUT2D eigenvalue weighted by Gasteiger charge is 2.21. The molecule has 0 bridgehead atoms. The average molecular weight is 250 g/mol. The van der Waals surface area contributed by atoms with Crippen molar-refractivity contribution in [3.05, 3.63) is 39.9 Å². The fourth-order valence-corrected chi connectivity index (χ4v) is 2.25. The minimum atomic E-state index is -0.380. The van der Waals surface area contributed by atoms with E-state index in [4.69, 9.17) is 10.5 Å². The zero-order chi connectivity index (χ0) is 13.0. The molecule has 1 aromatic rings. The number of benzene rings is 1. The second-order valence-electron chi connectivity index (χ2n) is 4.75. The van der Waals surface area contributed by atoms with Crippen LogP contribution in [-0.4, -0.2) is 24.2 Å². The topological polar surface area (TPSA) is 78.4 Å². The van der Waals surface area contributed by atoms with E-state index in [-0.39, 0.29) is 16.7 Å². The van der Waals surface area contributed by atoms with E-state index in [1.807, 2.05) is 12.1 Å². The van der Waals surface area contributed by atoms with Crippen LogP contribution >= 0.6 is 0 Å². The fraction of sp³-hybridized carbons (Fsp3) is 0.538. The molecule has 1 heterocycles. The standard InChI is InChI=1S/C13H18N2O3/c14-13-7-8-18-9-11(13)4-1-10-2-5-12(6-3-10)15(16)17/h2-3,5-6,11,13H,1,4,7-9,14H2. The van der Waals surface area contributed by atoms with Crippen molar-refractivity contribution >= 4 is 5.69 Å². The lowest BCUT2D eigenvalue weighted by atomic mass is 9.90. The first kappa shape index (κ1) is 13.0. The lowest BCUT2D eigenvalue weighted by Crippen LogP contribution is -2.38. The van der Waals surface area contributed by atoms with Gasteiger partial charge in [0.15, 0.2) is 0 Å². The summed E-state index contributed by atoms with van der Waals surface area (Å²) in [6.07, 6.45) is 2.78. The number of nitro groups is 1. The molecule has 1 aromatic carbocycles. The van der Waals surface area contributed by atoms with Gasteiger partial charge < -0.3 is 10.5 Å². The number of hydrogen-bond donors (Lipinski definition) is 1. The molecule has 0 radical (unpaired) electrons. The predicted octanol–water partition coefficient (Wildman–Crippen LogP) is 1.89. The molecule has 1 aliphatic rings. The summed E-state index contributed by atoms with van der Waals surface area (Å²) in [7, 11) is 0. The molecule has 5 heteroatoms. The Morgan fingerprint density at radius 3 is 2.72 bits per heavy atom. The summed E-state index contributed by atoms with van der Waals surface area (Å²) < 4.78 is 5.42. The van der Waals surface area contributed by atoms with E-state index in [9.17, 15) is 10.1 Å². The monoisotopic (exact) mass is 250 g/mol. The Morgan fingerprint density at radius 1 is 1.39 bits per heavy atom. The smallest absolute Gasteiger partial charge is 0.269 e. The molecule has 0 spiro atoms. The summed E-state index contributed by atoms with van der Waals surface area (Å²) in [5.74, 6) is 0.397. The quantitative estimate of drug-likeness (QED) is 0.653. The molecule has 18 heavy (non-hydrogen) atoms. The number of nitrogens with two attached hydrogens (primary N) is 1. The molecule has 1 fully saturated rings. The normalized spacial score (nSPS) is 23.8. The van der Waals surface area contributed by atoms with Crippen molar-refractivity contribution in [1.82, 2.24) is 0 Å². The molecule has 1 aliphatic heterocycles. The number of nitrogens with zero attached hydrogens (tertiary/aromatic N) is 1. The first-order valence-electron chi connectivity index (χ1n) is 6.23. The van der Waals surface area contributed by atoms with Crippen molar-refractivity contribution in [1.29, 1.82) is 0 Å². The molecular formula is C13H18N2O3. The Balaban J connectivity index is 1.87. The largest absolute Gasteiger partial charge is 0.381 e. The lowest BCUT2D eigenvalue weighted by Gasteiger charge is -2.28. The third-order valence-electron chi connectivity index (χ3n) is 3.48. The van der Waals surface area contributed by atoms with Crippen molar-refractivity contribution in [2.45, 2.75) is 25.3 Å². The highest BCUT2D eigenvalue weighted by Crippen LogP contribution is 2.20. The fourth-order valence-electron chi connectivity index (χ4n) is 2.25. The van der Waals surface area contributed by atoms with Gasteiger partial charge >= 0.3 is 0 Å². The molecule has 2 rings (SSSR count). The van der Waals surface area contributed by atoms with Crippen LogP contribution in [0.15, 0.2) is 24.3 Å². The van der Waals surface area contributed by atoms with Gasteiger partial charge in [0, 0.05) is 24.8 Å². The van der Waals surface area contributed by atoms with Crippen LogP contribution in [0.25, 0.3) is 0 Å². The molecule has 0 amide bonds. The lowest BCUT2D eigenvalue weighted by molar-refractivity contribution is -0.384. The summed E-state index contributed by atoms with van der Waals surface area (Å²) >= 11 is 0. The van der Waals surface area contributed by atoms with E-state index in [1.54, 1.807) is 12.1 Å². The van der Waals surface area contributed by atoms with Crippen LogP contribution in [0.4, 0.5) is 5.69 Å². The molecule has 2 unspecified atom stereocenters. The molecular weight excluding hydrogens is 232 g/mol. The van der Waals surface area contributed by atoms with Crippen LogP contribution < -0.4 is 5.73 Å². The van der Waals surface area contributed by atoms with Crippen molar-refractivity contribution in [2.24, 2.45) is 11.7 Å². The van der Waals surface area contributed by atoms with Gasteiger partial charge in [0.2, 0.25) is 0 Å². The van der Waals surface area contributed by atoms with Crippen molar-refractivity contribution in [3.63, 3.8) is 0 Å². The zero-order valence-corrected chi connectivity index (χ0v) is 10.2. The van der Waals surface area contributed by atoms with Gasteiger partial charge in [-0.25, -0.2) is 0 Å². The highest BCUT2D eigenvalue weighted by molar-refractivity contribution is 5.32. The van der Waals surface area contributed by atoms with Crippen molar-refractivity contribution in [2.75, 3.05) is 13.2 Å². The molecule has 2 atom stereocenters. The predicted molar refractivity (Wildman–Crippen MR) is 68.3 cm³/mol. The number of aryl methyl sites for hydroxylation is 1. The van der Waals surface area contributed by atoms with Gasteiger partial charge in [0.25, 0.3) is 5.69 Å². The van der Waals surface area contributed by atoms with E-state index in [2.05, 4.69) is 0 Å². The van der Waals surface area contributed by atoms with E-state index < -0.39 is 0 Å².